The molecule has 0 heterocycles. The molecule has 3 nitrogen and oxygen atoms in total. The predicted molar refractivity (Wildman–Crippen MR) is 72.9 cm³/mol. The molecule has 0 radical (unpaired) electrons. The van der Waals surface area contributed by atoms with E-state index < -0.39 is 17.5 Å². The number of rotatable bonds is 2. The van der Waals surface area contributed by atoms with E-state index in [9.17, 15) is 4.79 Å². The fourth-order valence-electron chi connectivity index (χ4n) is 1.37. The van der Waals surface area contributed by atoms with Crippen LogP contribution in [0, 0.1) is 29.1 Å². The third kappa shape index (κ3) is 6.29. The van der Waals surface area contributed by atoms with Crippen LogP contribution in [-0.4, -0.2) is 11.6 Å². The Balaban J connectivity index is 2.64. The van der Waals surface area contributed by atoms with Gasteiger partial charge in [-0.3, -0.25) is 4.79 Å². The molecule has 0 saturated heterocycles. The summed E-state index contributed by atoms with van der Waals surface area (Å²) in [6.07, 6.45) is -0.00635. The second-order valence-corrected chi connectivity index (χ2v) is 5.11. The zero-order valence-electron chi connectivity index (χ0n) is 11.4. The Hall–Kier alpha value is -2.26. The molecule has 0 N–H and O–H groups in total. The third-order valence-electron chi connectivity index (χ3n) is 2.11. The van der Waals surface area contributed by atoms with Gasteiger partial charge in [0.15, 0.2) is 0 Å². The Kier molecular flexibility index (Phi) is 5.15. The van der Waals surface area contributed by atoms with Gasteiger partial charge in [-0.1, -0.05) is 30.0 Å². The Bertz CT molecular complexity index is 524. The summed E-state index contributed by atoms with van der Waals surface area (Å²) in [6.45, 7) is 5.38. The van der Waals surface area contributed by atoms with E-state index in [2.05, 4.69) is 11.8 Å². The van der Waals surface area contributed by atoms with Crippen molar-refractivity contribution in [2.75, 3.05) is 0 Å². The van der Waals surface area contributed by atoms with Crippen molar-refractivity contribution in [3.63, 3.8) is 0 Å². The van der Waals surface area contributed by atoms with Gasteiger partial charge in [-0.2, -0.15) is 5.26 Å². The first-order chi connectivity index (χ1) is 8.90. The molecule has 98 valence electrons. The van der Waals surface area contributed by atoms with Crippen molar-refractivity contribution in [3.05, 3.63) is 35.9 Å². The summed E-state index contributed by atoms with van der Waals surface area (Å²) in [5.41, 5.74) is 0.288. The van der Waals surface area contributed by atoms with E-state index in [1.165, 1.54) is 0 Å². The smallest absolute Gasteiger partial charge is 0.308 e. The number of hydrogen-bond acceptors (Lipinski definition) is 3. The number of esters is 1. The minimum atomic E-state index is -0.643. The highest BCUT2D eigenvalue weighted by Crippen LogP contribution is 2.11. The van der Waals surface area contributed by atoms with E-state index in [0.29, 0.717) is 0 Å². The first kappa shape index (κ1) is 14.8. The lowest BCUT2D eigenvalue weighted by atomic mass is 10.1. The number of nitrogens with zero attached hydrogens (tertiary/aromatic N) is 1. The molecule has 0 saturated carbocycles. The van der Waals surface area contributed by atoms with Crippen LogP contribution >= 0.6 is 0 Å². The van der Waals surface area contributed by atoms with Crippen molar-refractivity contribution in [2.45, 2.75) is 32.8 Å². The summed E-state index contributed by atoms with van der Waals surface area (Å²) in [5, 5.41) is 8.99. The fourth-order valence-corrected chi connectivity index (χ4v) is 1.37. The van der Waals surface area contributed by atoms with Gasteiger partial charge in [-0.25, -0.2) is 0 Å². The average Bonchev–Trinajstić information content (AvgIpc) is 2.33. The summed E-state index contributed by atoms with van der Waals surface area (Å²) in [4.78, 5) is 11.6. The second kappa shape index (κ2) is 6.61. The Morgan fingerprint density at radius 1 is 1.32 bits per heavy atom. The lowest BCUT2D eigenvalue weighted by Gasteiger charge is -2.19. The summed E-state index contributed by atoms with van der Waals surface area (Å²) >= 11 is 0. The van der Waals surface area contributed by atoms with Crippen LogP contribution in [0.3, 0.4) is 0 Å². The standard InChI is InChI=1S/C16H17NO2/c1-16(2,3)19-15(18)11-14(12-17)10-9-13-7-5-4-6-8-13/h4-8,14H,11H2,1-3H3/t14-/m1/s1. The summed E-state index contributed by atoms with van der Waals surface area (Å²) in [6, 6.07) is 11.4. The predicted octanol–water partition coefficient (Wildman–Crippen LogP) is 2.91. The van der Waals surface area contributed by atoms with Crippen LogP contribution in [0.4, 0.5) is 0 Å². The van der Waals surface area contributed by atoms with Crippen LogP contribution in [0.5, 0.6) is 0 Å². The molecule has 19 heavy (non-hydrogen) atoms. The van der Waals surface area contributed by atoms with Gasteiger partial charge in [-0.05, 0) is 32.9 Å². The second-order valence-electron chi connectivity index (χ2n) is 5.11. The van der Waals surface area contributed by atoms with Crippen LogP contribution in [0.1, 0.15) is 32.8 Å². The molecule has 0 aliphatic rings. The lowest BCUT2D eigenvalue weighted by Crippen LogP contribution is -2.24. The SMILES string of the molecule is CC(C)(C)OC(=O)C[C@H](C#N)C#Cc1ccccc1. The molecule has 0 aromatic heterocycles. The highest BCUT2D eigenvalue weighted by molar-refractivity contribution is 5.71. The van der Waals surface area contributed by atoms with Gasteiger partial charge in [0.2, 0.25) is 0 Å². The van der Waals surface area contributed by atoms with Crippen molar-refractivity contribution < 1.29 is 9.53 Å². The first-order valence-corrected chi connectivity index (χ1v) is 6.09. The van der Waals surface area contributed by atoms with Crippen molar-refractivity contribution >= 4 is 5.97 Å². The molecular weight excluding hydrogens is 238 g/mol. The van der Waals surface area contributed by atoms with Crippen molar-refractivity contribution in [3.8, 4) is 17.9 Å². The Labute approximate surface area is 114 Å². The van der Waals surface area contributed by atoms with E-state index in [-0.39, 0.29) is 6.42 Å². The number of carbonyl (C=O) groups is 1. The van der Waals surface area contributed by atoms with E-state index in [4.69, 9.17) is 10.00 Å². The van der Waals surface area contributed by atoms with Crippen molar-refractivity contribution in [2.24, 2.45) is 5.92 Å². The van der Waals surface area contributed by atoms with Gasteiger partial charge < -0.3 is 4.74 Å². The monoisotopic (exact) mass is 255 g/mol. The number of carbonyl (C=O) groups excluding carboxylic acids is 1. The van der Waals surface area contributed by atoms with Gasteiger partial charge in [0.25, 0.3) is 0 Å². The fraction of sp³-hybridized carbons (Fsp3) is 0.375. The Morgan fingerprint density at radius 3 is 2.47 bits per heavy atom. The van der Waals surface area contributed by atoms with Crippen LogP contribution in [0.2, 0.25) is 0 Å². The van der Waals surface area contributed by atoms with Crippen LogP contribution in [0.15, 0.2) is 30.3 Å². The molecule has 1 aromatic carbocycles. The van der Waals surface area contributed by atoms with Crippen LogP contribution in [-0.2, 0) is 9.53 Å². The van der Waals surface area contributed by atoms with E-state index in [1.54, 1.807) is 20.8 Å². The van der Waals surface area contributed by atoms with Gasteiger partial charge in [0.1, 0.15) is 11.5 Å². The minimum Gasteiger partial charge on any atom is -0.460 e. The molecule has 1 atom stereocenters. The molecule has 0 amide bonds. The maximum atomic E-state index is 11.6. The zero-order chi connectivity index (χ0) is 14.3. The van der Waals surface area contributed by atoms with Gasteiger partial charge >= 0.3 is 5.97 Å². The first-order valence-electron chi connectivity index (χ1n) is 6.09. The Morgan fingerprint density at radius 2 is 1.95 bits per heavy atom. The normalized spacial score (nSPS) is 11.7. The largest absolute Gasteiger partial charge is 0.460 e. The van der Waals surface area contributed by atoms with Gasteiger partial charge in [0.05, 0.1) is 12.5 Å². The summed E-state index contributed by atoms with van der Waals surface area (Å²) in [7, 11) is 0. The average molecular weight is 255 g/mol. The highest BCUT2D eigenvalue weighted by atomic mass is 16.6. The molecule has 3 heteroatoms. The molecule has 0 bridgehead atoms. The molecule has 0 spiro atoms. The lowest BCUT2D eigenvalue weighted by molar-refractivity contribution is -0.155. The molecule has 1 rings (SSSR count). The van der Waals surface area contributed by atoms with Crippen molar-refractivity contribution in [1.29, 1.82) is 5.26 Å². The number of ether oxygens (including phenoxy) is 1. The van der Waals surface area contributed by atoms with E-state index >= 15 is 0 Å². The molecule has 1 aromatic rings. The molecule has 0 aliphatic heterocycles. The van der Waals surface area contributed by atoms with Gasteiger partial charge in [0, 0.05) is 5.56 Å². The maximum absolute atomic E-state index is 11.6. The third-order valence-corrected chi connectivity index (χ3v) is 2.11. The van der Waals surface area contributed by atoms with Crippen LogP contribution < -0.4 is 0 Å². The molecule has 0 unspecified atom stereocenters. The quantitative estimate of drug-likeness (QED) is 0.603. The molecular formula is C16H17NO2. The van der Waals surface area contributed by atoms with Crippen LogP contribution in [0.25, 0.3) is 0 Å². The van der Waals surface area contributed by atoms with Crippen molar-refractivity contribution in [1.82, 2.24) is 0 Å². The number of hydrogen-bond donors (Lipinski definition) is 0. The minimum absolute atomic E-state index is 0.00635. The van der Waals surface area contributed by atoms with E-state index in [0.717, 1.165) is 5.56 Å². The number of nitriles is 1. The molecule has 0 aliphatic carbocycles. The van der Waals surface area contributed by atoms with E-state index in [1.807, 2.05) is 36.4 Å². The number of benzene rings is 1. The molecule has 0 fully saturated rings. The van der Waals surface area contributed by atoms with Gasteiger partial charge in [-0.15, -0.1) is 0 Å². The summed E-state index contributed by atoms with van der Waals surface area (Å²) in [5.74, 6) is 4.63. The maximum Gasteiger partial charge on any atom is 0.308 e. The zero-order valence-corrected chi connectivity index (χ0v) is 11.4. The highest BCUT2D eigenvalue weighted by Gasteiger charge is 2.19. The topological polar surface area (TPSA) is 50.1 Å². The summed E-state index contributed by atoms with van der Waals surface area (Å²) < 4.78 is 5.16.